The Labute approximate surface area is 238 Å². The Balaban J connectivity index is 1.49. The molecule has 218 valence electrons. The minimum absolute atomic E-state index is 0.0131. The minimum atomic E-state index is -4.24. The molecular weight excluding hydrogens is 580 g/mol. The molecule has 0 aliphatic carbocycles. The van der Waals surface area contributed by atoms with Crippen molar-refractivity contribution in [3.63, 3.8) is 0 Å². The second-order valence-corrected chi connectivity index (χ2v) is 10.7. The molecule has 2 aliphatic rings. The fourth-order valence-electron chi connectivity index (χ4n) is 5.03. The average Bonchev–Trinajstić information content (AvgIpc) is 3.36. The van der Waals surface area contributed by atoms with Crippen molar-refractivity contribution in [3.8, 4) is 0 Å². The summed E-state index contributed by atoms with van der Waals surface area (Å²) in [7, 11) is 0. The molecule has 2 heterocycles. The van der Waals surface area contributed by atoms with Gasteiger partial charge in [0.15, 0.2) is 11.6 Å². The first-order valence-corrected chi connectivity index (χ1v) is 13.4. The smallest absolute Gasteiger partial charge is 0.368 e. The van der Waals surface area contributed by atoms with E-state index in [0.717, 1.165) is 6.07 Å². The Morgan fingerprint density at radius 3 is 2.33 bits per heavy atom. The lowest BCUT2D eigenvalue weighted by atomic mass is 10.1. The van der Waals surface area contributed by atoms with Crippen LogP contribution in [0.3, 0.4) is 0 Å². The Kier molecular flexibility index (Phi) is 9.44. The second kappa shape index (κ2) is 12.5. The third-order valence-corrected chi connectivity index (χ3v) is 7.91. The highest BCUT2D eigenvalue weighted by molar-refractivity contribution is 6.42. The monoisotopic (exact) mass is 607 g/mol. The summed E-state index contributed by atoms with van der Waals surface area (Å²) in [6.07, 6.45) is -3.92. The predicted octanol–water partition coefficient (Wildman–Crippen LogP) is 5.05. The number of nitrogens with zero attached hydrogens (tertiary/aromatic N) is 3. The molecule has 4 rings (SSSR count). The molecule has 0 bridgehead atoms. The van der Waals surface area contributed by atoms with Crippen LogP contribution in [-0.4, -0.2) is 73.1 Å². The summed E-state index contributed by atoms with van der Waals surface area (Å²) in [5.41, 5.74) is 5.49. The van der Waals surface area contributed by atoms with E-state index in [-0.39, 0.29) is 34.4 Å². The van der Waals surface area contributed by atoms with Crippen LogP contribution in [0.5, 0.6) is 0 Å². The van der Waals surface area contributed by atoms with Crippen molar-refractivity contribution in [2.45, 2.75) is 38.0 Å². The van der Waals surface area contributed by atoms with E-state index < -0.39 is 47.7 Å². The van der Waals surface area contributed by atoms with E-state index in [1.807, 2.05) is 4.90 Å². The number of likely N-dealkylation sites (tertiary alicyclic amines) is 1. The molecule has 0 radical (unpaired) electrons. The van der Waals surface area contributed by atoms with Gasteiger partial charge in [-0.15, -0.1) is 0 Å². The third-order valence-electron chi connectivity index (χ3n) is 7.18. The summed E-state index contributed by atoms with van der Waals surface area (Å²) in [6.45, 7) is 1.73. The summed E-state index contributed by atoms with van der Waals surface area (Å²) in [4.78, 5) is 29.9. The number of alkyl halides is 3. The lowest BCUT2D eigenvalue weighted by molar-refractivity contribution is -0.138. The van der Waals surface area contributed by atoms with Gasteiger partial charge < -0.3 is 16.0 Å². The highest BCUT2D eigenvalue weighted by atomic mass is 35.5. The van der Waals surface area contributed by atoms with Crippen molar-refractivity contribution in [2.75, 3.05) is 49.5 Å². The number of piperazine rings is 1. The first kappa shape index (κ1) is 30.3. The van der Waals surface area contributed by atoms with Crippen LogP contribution in [0, 0.1) is 11.6 Å². The largest absolute Gasteiger partial charge is 0.390 e. The number of amides is 2. The molecule has 14 heteroatoms. The van der Waals surface area contributed by atoms with Crippen LogP contribution in [0.25, 0.3) is 0 Å². The van der Waals surface area contributed by atoms with E-state index in [2.05, 4.69) is 5.32 Å². The van der Waals surface area contributed by atoms with Crippen molar-refractivity contribution in [2.24, 2.45) is 5.73 Å². The van der Waals surface area contributed by atoms with Gasteiger partial charge in [-0.05, 0) is 37.6 Å². The van der Waals surface area contributed by atoms with Crippen LogP contribution in [-0.2, 0) is 11.3 Å². The lowest BCUT2D eigenvalue weighted by Crippen LogP contribution is -2.47. The van der Waals surface area contributed by atoms with E-state index in [0.29, 0.717) is 51.3 Å². The highest BCUT2D eigenvalue weighted by Crippen LogP contribution is 2.36. The van der Waals surface area contributed by atoms with Crippen LogP contribution in [0.2, 0.25) is 10.0 Å². The van der Waals surface area contributed by atoms with Crippen LogP contribution < -0.4 is 16.0 Å². The van der Waals surface area contributed by atoms with Gasteiger partial charge in [0.05, 0.1) is 39.4 Å². The van der Waals surface area contributed by atoms with E-state index in [1.54, 1.807) is 9.80 Å². The maximum atomic E-state index is 15.1. The number of nitrogens with one attached hydrogen (secondary N) is 1. The minimum Gasteiger partial charge on any atom is -0.368 e. The van der Waals surface area contributed by atoms with Crippen molar-refractivity contribution < 1.29 is 31.5 Å². The first-order valence-electron chi connectivity index (χ1n) is 12.7. The fraction of sp³-hybridized carbons (Fsp3) is 0.462. The number of halogens is 7. The van der Waals surface area contributed by atoms with Gasteiger partial charge >= 0.3 is 6.18 Å². The molecule has 7 nitrogen and oxygen atoms in total. The quantitative estimate of drug-likeness (QED) is 0.411. The Bertz CT molecular complexity index is 1270. The normalized spacial score (nSPS) is 18.8. The predicted molar refractivity (Wildman–Crippen MR) is 143 cm³/mol. The molecule has 0 unspecified atom stereocenters. The van der Waals surface area contributed by atoms with E-state index in [1.165, 1.54) is 18.2 Å². The topological polar surface area (TPSA) is 81.9 Å². The van der Waals surface area contributed by atoms with Gasteiger partial charge in [-0.3, -0.25) is 19.4 Å². The fourth-order valence-corrected chi connectivity index (χ4v) is 5.35. The summed E-state index contributed by atoms with van der Waals surface area (Å²) < 4.78 is 67.8. The van der Waals surface area contributed by atoms with Crippen LogP contribution >= 0.6 is 23.2 Å². The molecule has 40 heavy (non-hydrogen) atoms. The van der Waals surface area contributed by atoms with Gasteiger partial charge in [0.2, 0.25) is 5.91 Å². The number of primary amides is 1. The summed E-state index contributed by atoms with van der Waals surface area (Å²) in [5, 5.41) is 2.87. The van der Waals surface area contributed by atoms with E-state index in [9.17, 15) is 27.2 Å². The first-order chi connectivity index (χ1) is 18.8. The summed E-state index contributed by atoms with van der Waals surface area (Å²) >= 11 is 12.4. The molecule has 2 saturated heterocycles. The van der Waals surface area contributed by atoms with Gasteiger partial charge in [-0.25, -0.2) is 8.78 Å². The second-order valence-electron chi connectivity index (χ2n) is 9.86. The average molecular weight is 608 g/mol. The molecule has 1 atom stereocenters. The maximum Gasteiger partial charge on any atom is 0.390 e. The molecule has 3 N–H and O–H groups in total. The highest BCUT2D eigenvalue weighted by Gasteiger charge is 2.31. The molecular formula is C26H28Cl2F5N5O2. The summed E-state index contributed by atoms with van der Waals surface area (Å²) in [5.74, 6) is -4.01. The Morgan fingerprint density at radius 1 is 1.00 bits per heavy atom. The number of carbonyl (C=O) groups is 2. The van der Waals surface area contributed by atoms with Crippen molar-refractivity contribution in [3.05, 3.63) is 57.1 Å². The molecule has 0 saturated carbocycles. The molecule has 0 aromatic heterocycles. The standard InChI is InChI=1S/C26H28Cl2F5N5O2/c27-17-12-19(21(13-18(17)28)37-10-8-36(9-11-37)7-5-26(31,32)33)35-25(40)16-4-3-15(22(29)23(16)30)14-38-6-1-2-20(38)24(34)39/h3-4,12-13,20H,1-2,5-11,14H2,(H2,34,39)(H,35,40)/t20-/m0/s1. The third kappa shape index (κ3) is 7.15. The molecule has 2 fully saturated rings. The molecule has 2 aromatic rings. The number of hydrogen-bond acceptors (Lipinski definition) is 5. The number of carbonyl (C=O) groups excluding carboxylic acids is 2. The molecule has 2 amide bonds. The van der Waals surface area contributed by atoms with Crippen molar-refractivity contribution >= 4 is 46.4 Å². The molecule has 0 spiro atoms. The van der Waals surface area contributed by atoms with E-state index >= 15 is 4.39 Å². The number of nitrogens with two attached hydrogens (primary N) is 1. The van der Waals surface area contributed by atoms with Gasteiger partial charge in [0, 0.05) is 44.8 Å². The van der Waals surface area contributed by atoms with Gasteiger partial charge in [-0.2, -0.15) is 13.2 Å². The van der Waals surface area contributed by atoms with Crippen LogP contribution in [0.15, 0.2) is 24.3 Å². The number of hydrogen-bond donors (Lipinski definition) is 2. The lowest BCUT2D eigenvalue weighted by Gasteiger charge is -2.37. The van der Waals surface area contributed by atoms with Gasteiger partial charge in [0.25, 0.3) is 5.91 Å². The van der Waals surface area contributed by atoms with Crippen LogP contribution in [0.4, 0.5) is 33.3 Å². The Morgan fingerprint density at radius 2 is 1.68 bits per heavy atom. The number of rotatable bonds is 8. The zero-order valence-corrected chi connectivity index (χ0v) is 22.9. The van der Waals surface area contributed by atoms with Crippen molar-refractivity contribution in [1.29, 1.82) is 0 Å². The van der Waals surface area contributed by atoms with Gasteiger partial charge in [0.1, 0.15) is 0 Å². The number of anilines is 2. The number of benzene rings is 2. The SMILES string of the molecule is NC(=O)[C@@H]1CCCN1Cc1ccc(C(=O)Nc2cc(Cl)c(Cl)cc2N2CCN(CCC(F)(F)F)CC2)c(F)c1F. The van der Waals surface area contributed by atoms with E-state index in [4.69, 9.17) is 28.9 Å². The van der Waals surface area contributed by atoms with Crippen molar-refractivity contribution in [1.82, 2.24) is 9.80 Å². The zero-order chi connectivity index (χ0) is 29.2. The summed E-state index contributed by atoms with van der Waals surface area (Å²) in [6, 6.07) is 4.78. The van der Waals surface area contributed by atoms with Crippen LogP contribution in [0.1, 0.15) is 35.2 Å². The molecule has 2 aromatic carbocycles. The molecule has 2 aliphatic heterocycles. The zero-order valence-electron chi connectivity index (χ0n) is 21.3. The Hall–Kier alpha value is -2.67. The van der Waals surface area contributed by atoms with Gasteiger partial charge in [-0.1, -0.05) is 29.3 Å². The maximum absolute atomic E-state index is 15.1.